The first-order valence-electron chi connectivity index (χ1n) is 10.8. The standard InChI is InChI=1S/C25H25N3O7S/c1-3-34-20-12-10-19(11-13-20)25(30)35-22-14-9-18(15-23(22)33-2)16-26-28-24(29)17-27-36(31,32)21-7-5-4-6-8-21/h4-16,27H,3,17H2,1-2H3,(H,28,29)/b26-16-. The van der Waals surface area contributed by atoms with Crippen LogP contribution in [0.5, 0.6) is 17.2 Å². The Hall–Kier alpha value is -4.22. The van der Waals surface area contributed by atoms with Crippen LogP contribution in [0.15, 0.2) is 82.8 Å². The summed E-state index contributed by atoms with van der Waals surface area (Å²) in [5, 5.41) is 3.82. The quantitative estimate of drug-likeness (QED) is 0.175. The van der Waals surface area contributed by atoms with Crippen LogP contribution >= 0.6 is 0 Å². The molecule has 0 aliphatic carbocycles. The maximum absolute atomic E-state index is 12.5. The molecule has 3 aromatic carbocycles. The molecule has 0 saturated carbocycles. The maximum atomic E-state index is 12.5. The number of hydrazone groups is 1. The number of benzene rings is 3. The molecule has 3 aromatic rings. The van der Waals surface area contributed by atoms with Gasteiger partial charge in [-0.15, -0.1) is 0 Å². The van der Waals surface area contributed by atoms with Gasteiger partial charge in [-0.05, 0) is 67.1 Å². The van der Waals surface area contributed by atoms with Crippen LogP contribution in [0.2, 0.25) is 0 Å². The van der Waals surface area contributed by atoms with Crippen molar-refractivity contribution in [2.24, 2.45) is 5.10 Å². The Morgan fingerprint density at radius 1 is 0.972 bits per heavy atom. The van der Waals surface area contributed by atoms with Crippen molar-refractivity contribution in [3.63, 3.8) is 0 Å². The Morgan fingerprint density at radius 2 is 1.69 bits per heavy atom. The lowest BCUT2D eigenvalue weighted by molar-refractivity contribution is -0.119. The third-order valence-corrected chi connectivity index (χ3v) is 6.09. The number of methoxy groups -OCH3 is 1. The Balaban J connectivity index is 1.56. The minimum atomic E-state index is -3.81. The average Bonchev–Trinajstić information content (AvgIpc) is 2.89. The van der Waals surface area contributed by atoms with Crippen molar-refractivity contribution < 1.29 is 32.2 Å². The molecule has 2 N–H and O–H groups in total. The fourth-order valence-corrected chi connectivity index (χ4v) is 3.93. The van der Waals surface area contributed by atoms with Gasteiger partial charge in [0.15, 0.2) is 11.5 Å². The van der Waals surface area contributed by atoms with E-state index in [0.29, 0.717) is 23.5 Å². The molecule has 0 heterocycles. The first kappa shape index (κ1) is 26.4. The van der Waals surface area contributed by atoms with E-state index < -0.39 is 28.4 Å². The van der Waals surface area contributed by atoms with Gasteiger partial charge in [-0.2, -0.15) is 5.10 Å². The van der Waals surface area contributed by atoms with E-state index >= 15 is 0 Å². The Kier molecular flexibility index (Phi) is 9.14. The highest BCUT2D eigenvalue weighted by molar-refractivity contribution is 7.89. The van der Waals surface area contributed by atoms with Crippen molar-refractivity contribution in [2.45, 2.75) is 11.8 Å². The summed E-state index contributed by atoms with van der Waals surface area (Å²) in [6, 6.07) is 19.0. The van der Waals surface area contributed by atoms with Gasteiger partial charge in [-0.1, -0.05) is 18.2 Å². The summed E-state index contributed by atoms with van der Waals surface area (Å²) >= 11 is 0. The highest BCUT2D eigenvalue weighted by atomic mass is 32.2. The van der Waals surface area contributed by atoms with E-state index in [0.717, 1.165) is 0 Å². The summed E-state index contributed by atoms with van der Waals surface area (Å²) in [5.41, 5.74) is 3.13. The van der Waals surface area contributed by atoms with Gasteiger partial charge in [0.05, 0.1) is 36.9 Å². The number of hydrogen-bond acceptors (Lipinski definition) is 8. The van der Waals surface area contributed by atoms with Crippen molar-refractivity contribution in [3.8, 4) is 17.2 Å². The lowest BCUT2D eigenvalue weighted by Gasteiger charge is -2.10. The summed E-state index contributed by atoms with van der Waals surface area (Å²) in [6.45, 7) is 1.90. The molecular formula is C25H25N3O7S. The SMILES string of the molecule is CCOc1ccc(C(=O)Oc2ccc(/C=N\NC(=O)CNS(=O)(=O)c3ccccc3)cc2OC)cc1. The summed E-state index contributed by atoms with van der Waals surface area (Å²) in [5.74, 6) is -0.0920. The molecule has 11 heteroatoms. The van der Waals surface area contributed by atoms with Crippen LogP contribution in [-0.2, 0) is 14.8 Å². The van der Waals surface area contributed by atoms with Crippen molar-refractivity contribution in [1.29, 1.82) is 0 Å². The zero-order valence-corrected chi connectivity index (χ0v) is 20.4. The second-order valence-corrected chi connectivity index (χ2v) is 8.95. The van der Waals surface area contributed by atoms with E-state index in [2.05, 4.69) is 15.2 Å². The monoisotopic (exact) mass is 511 g/mol. The summed E-state index contributed by atoms with van der Waals surface area (Å²) in [7, 11) is -2.39. The van der Waals surface area contributed by atoms with Crippen molar-refractivity contribution in [1.82, 2.24) is 10.1 Å². The first-order valence-corrected chi connectivity index (χ1v) is 12.3. The number of hydrogen-bond donors (Lipinski definition) is 2. The molecule has 10 nitrogen and oxygen atoms in total. The first-order chi connectivity index (χ1) is 17.3. The highest BCUT2D eigenvalue weighted by Crippen LogP contribution is 2.28. The van der Waals surface area contributed by atoms with Gasteiger partial charge in [0.2, 0.25) is 10.0 Å². The molecule has 36 heavy (non-hydrogen) atoms. The zero-order valence-electron chi connectivity index (χ0n) is 19.6. The Bertz CT molecular complexity index is 1330. The number of esters is 1. The van der Waals surface area contributed by atoms with Crippen LogP contribution in [0.1, 0.15) is 22.8 Å². The number of nitrogens with one attached hydrogen (secondary N) is 2. The van der Waals surface area contributed by atoms with E-state index in [1.807, 2.05) is 6.92 Å². The Labute approximate surface area is 208 Å². The molecule has 0 aromatic heterocycles. The molecule has 0 radical (unpaired) electrons. The van der Waals surface area contributed by atoms with Crippen LogP contribution in [-0.4, -0.2) is 46.8 Å². The number of carbonyl (C=O) groups is 2. The fourth-order valence-electron chi connectivity index (χ4n) is 2.92. The van der Waals surface area contributed by atoms with Crippen LogP contribution in [0.3, 0.4) is 0 Å². The average molecular weight is 512 g/mol. The molecule has 1 amide bonds. The smallest absolute Gasteiger partial charge is 0.343 e. The molecule has 0 fully saturated rings. The van der Waals surface area contributed by atoms with Gasteiger partial charge in [-0.3, -0.25) is 4.79 Å². The number of carbonyl (C=O) groups excluding carboxylic acids is 2. The molecule has 0 saturated heterocycles. The van der Waals surface area contributed by atoms with Gasteiger partial charge in [-0.25, -0.2) is 23.4 Å². The van der Waals surface area contributed by atoms with Crippen LogP contribution in [0.4, 0.5) is 0 Å². The van der Waals surface area contributed by atoms with Gasteiger partial charge in [0.25, 0.3) is 5.91 Å². The summed E-state index contributed by atoms with van der Waals surface area (Å²) in [6.07, 6.45) is 1.34. The molecule has 3 rings (SSSR count). The third-order valence-electron chi connectivity index (χ3n) is 4.67. The topological polar surface area (TPSA) is 132 Å². The van der Waals surface area contributed by atoms with Crippen LogP contribution in [0, 0.1) is 0 Å². The molecular weight excluding hydrogens is 486 g/mol. The fraction of sp³-hybridized carbons (Fsp3) is 0.160. The lowest BCUT2D eigenvalue weighted by atomic mass is 10.2. The minimum absolute atomic E-state index is 0.0525. The van der Waals surface area contributed by atoms with E-state index in [9.17, 15) is 18.0 Å². The molecule has 0 bridgehead atoms. The van der Waals surface area contributed by atoms with Gasteiger partial charge < -0.3 is 14.2 Å². The van der Waals surface area contributed by atoms with Crippen LogP contribution in [0.25, 0.3) is 0 Å². The van der Waals surface area contributed by atoms with E-state index in [1.165, 1.54) is 31.5 Å². The normalized spacial score (nSPS) is 11.2. The molecule has 0 aliphatic heterocycles. The second kappa shape index (κ2) is 12.5. The summed E-state index contributed by atoms with van der Waals surface area (Å²) < 4.78 is 42.6. The van der Waals surface area contributed by atoms with Gasteiger partial charge in [0, 0.05) is 0 Å². The molecule has 0 aliphatic rings. The Morgan fingerprint density at radius 3 is 2.36 bits per heavy atom. The minimum Gasteiger partial charge on any atom is -0.494 e. The predicted molar refractivity (Wildman–Crippen MR) is 133 cm³/mol. The molecule has 0 spiro atoms. The number of nitrogens with zero attached hydrogens (tertiary/aromatic N) is 1. The van der Waals surface area contributed by atoms with E-state index in [4.69, 9.17) is 14.2 Å². The number of ether oxygens (including phenoxy) is 3. The van der Waals surface area contributed by atoms with Gasteiger partial charge >= 0.3 is 5.97 Å². The number of rotatable bonds is 11. The third kappa shape index (κ3) is 7.39. The van der Waals surface area contributed by atoms with Gasteiger partial charge in [0.1, 0.15) is 5.75 Å². The van der Waals surface area contributed by atoms with Crippen LogP contribution < -0.4 is 24.4 Å². The highest BCUT2D eigenvalue weighted by Gasteiger charge is 2.15. The summed E-state index contributed by atoms with van der Waals surface area (Å²) in [4.78, 5) is 24.5. The van der Waals surface area contributed by atoms with Crippen molar-refractivity contribution in [3.05, 3.63) is 83.9 Å². The largest absolute Gasteiger partial charge is 0.494 e. The predicted octanol–water partition coefficient (Wildman–Crippen LogP) is 2.74. The maximum Gasteiger partial charge on any atom is 0.343 e. The molecule has 0 unspecified atom stereocenters. The lowest BCUT2D eigenvalue weighted by Crippen LogP contribution is -2.34. The van der Waals surface area contributed by atoms with Crippen molar-refractivity contribution in [2.75, 3.05) is 20.3 Å². The zero-order chi connectivity index (χ0) is 26.0. The van der Waals surface area contributed by atoms with E-state index in [1.54, 1.807) is 54.6 Å². The van der Waals surface area contributed by atoms with Crippen molar-refractivity contribution >= 4 is 28.1 Å². The number of sulfonamides is 1. The molecule has 188 valence electrons. The second-order valence-electron chi connectivity index (χ2n) is 7.19. The number of amides is 1. The van der Waals surface area contributed by atoms with E-state index in [-0.39, 0.29) is 16.4 Å². The molecule has 0 atom stereocenters.